The summed E-state index contributed by atoms with van der Waals surface area (Å²) < 4.78 is 0. The van der Waals surface area contributed by atoms with Crippen molar-refractivity contribution < 1.29 is 4.79 Å². The van der Waals surface area contributed by atoms with E-state index in [1.807, 2.05) is 0 Å². The normalized spacial score (nSPS) is 20.2. The van der Waals surface area contributed by atoms with Crippen LogP contribution >= 0.6 is 0 Å². The van der Waals surface area contributed by atoms with Gasteiger partial charge in [-0.05, 0) is 31.8 Å². The van der Waals surface area contributed by atoms with Gasteiger partial charge in [0.1, 0.15) is 0 Å². The molecular formula is C13H27N3O. The maximum absolute atomic E-state index is 11.8. The number of nitrogens with one attached hydrogen (secondary N) is 1. The van der Waals surface area contributed by atoms with Crippen molar-refractivity contribution in [2.75, 3.05) is 26.2 Å². The number of hydrogen-bond acceptors (Lipinski definition) is 3. The van der Waals surface area contributed by atoms with E-state index in [4.69, 9.17) is 5.73 Å². The van der Waals surface area contributed by atoms with Gasteiger partial charge in [0, 0.05) is 25.6 Å². The summed E-state index contributed by atoms with van der Waals surface area (Å²) in [4.78, 5) is 14.2. The fourth-order valence-corrected chi connectivity index (χ4v) is 2.34. The third-order valence-electron chi connectivity index (χ3n) is 3.78. The molecule has 4 nitrogen and oxygen atoms in total. The SMILES string of the molecule is CCC(CN)CC(=O)NC1CCN(CC)CC1. The highest BCUT2D eigenvalue weighted by atomic mass is 16.1. The van der Waals surface area contributed by atoms with Gasteiger partial charge in [0.2, 0.25) is 5.91 Å². The molecule has 0 aliphatic carbocycles. The maximum atomic E-state index is 11.8. The molecule has 0 bridgehead atoms. The van der Waals surface area contributed by atoms with E-state index in [2.05, 4.69) is 24.1 Å². The summed E-state index contributed by atoms with van der Waals surface area (Å²) in [7, 11) is 0. The van der Waals surface area contributed by atoms with Crippen LogP contribution in [0.1, 0.15) is 39.5 Å². The summed E-state index contributed by atoms with van der Waals surface area (Å²) in [6.07, 6.45) is 3.73. The van der Waals surface area contributed by atoms with Crippen LogP contribution in [0.3, 0.4) is 0 Å². The zero-order chi connectivity index (χ0) is 12.7. The number of carbonyl (C=O) groups is 1. The topological polar surface area (TPSA) is 58.4 Å². The molecule has 0 aromatic rings. The van der Waals surface area contributed by atoms with E-state index in [1.54, 1.807) is 0 Å². The van der Waals surface area contributed by atoms with Gasteiger partial charge in [-0.3, -0.25) is 4.79 Å². The van der Waals surface area contributed by atoms with Gasteiger partial charge in [0.15, 0.2) is 0 Å². The largest absolute Gasteiger partial charge is 0.353 e. The number of piperidine rings is 1. The van der Waals surface area contributed by atoms with E-state index in [0.29, 0.717) is 24.9 Å². The van der Waals surface area contributed by atoms with Crippen LogP contribution in [-0.4, -0.2) is 43.0 Å². The average Bonchev–Trinajstić information content (AvgIpc) is 2.37. The zero-order valence-corrected chi connectivity index (χ0v) is 11.2. The molecule has 4 heteroatoms. The predicted octanol–water partition coefficient (Wildman–Crippen LogP) is 0.962. The van der Waals surface area contributed by atoms with Gasteiger partial charge in [-0.15, -0.1) is 0 Å². The third kappa shape index (κ3) is 5.04. The van der Waals surface area contributed by atoms with E-state index in [0.717, 1.165) is 38.9 Å². The number of carbonyl (C=O) groups excluding carboxylic acids is 1. The molecule has 1 amide bonds. The number of amides is 1. The number of nitrogens with zero attached hydrogens (tertiary/aromatic N) is 1. The Balaban J connectivity index is 2.23. The quantitative estimate of drug-likeness (QED) is 0.728. The molecule has 0 aromatic heterocycles. The van der Waals surface area contributed by atoms with Crippen molar-refractivity contribution >= 4 is 5.91 Å². The summed E-state index contributed by atoms with van der Waals surface area (Å²) in [6.45, 7) is 8.21. The Morgan fingerprint density at radius 2 is 2.06 bits per heavy atom. The van der Waals surface area contributed by atoms with Crippen molar-refractivity contribution in [1.29, 1.82) is 0 Å². The highest BCUT2D eigenvalue weighted by molar-refractivity contribution is 5.76. The summed E-state index contributed by atoms with van der Waals surface area (Å²) in [5, 5.41) is 3.14. The van der Waals surface area contributed by atoms with Crippen LogP contribution in [0, 0.1) is 5.92 Å². The highest BCUT2D eigenvalue weighted by Crippen LogP contribution is 2.11. The Morgan fingerprint density at radius 1 is 1.41 bits per heavy atom. The molecular weight excluding hydrogens is 214 g/mol. The Kier molecular flexibility index (Phi) is 6.52. The Hall–Kier alpha value is -0.610. The zero-order valence-electron chi connectivity index (χ0n) is 11.2. The molecule has 1 rings (SSSR count). The minimum Gasteiger partial charge on any atom is -0.353 e. The fraction of sp³-hybridized carbons (Fsp3) is 0.923. The number of nitrogens with two attached hydrogens (primary N) is 1. The molecule has 17 heavy (non-hydrogen) atoms. The molecule has 1 saturated heterocycles. The van der Waals surface area contributed by atoms with Gasteiger partial charge in [-0.25, -0.2) is 0 Å². The molecule has 1 fully saturated rings. The molecule has 100 valence electrons. The summed E-state index contributed by atoms with van der Waals surface area (Å²) in [5.41, 5.74) is 5.61. The van der Waals surface area contributed by atoms with Gasteiger partial charge in [0.25, 0.3) is 0 Å². The Morgan fingerprint density at radius 3 is 2.53 bits per heavy atom. The van der Waals surface area contributed by atoms with Crippen molar-refractivity contribution in [3.05, 3.63) is 0 Å². The van der Waals surface area contributed by atoms with E-state index in [1.165, 1.54) is 0 Å². The van der Waals surface area contributed by atoms with Crippen molar-refractivity contribution in [1.82, 2.24) is 10.2 Å². The first-order valence-corrected chi connectivity index (χ1v) is 6.91. The molecule has 0 spiro atoms. The molecule has 1 aliphatic rings. The van der Waals surface area contributed by atoms with Crippen LogP contribution in [0.15, 0.2) is 0 Å². The molecule has 1 unspecified atom stereocenters. The van der Waals surface area contributed by atoms with Crippen molar-refractivity contribution in [3.63, 3.8) is 0 Å². The third-order valence-corrected chi connectivity index (χ3v) is 3.78. The number of rotatable bonds is 6. The standard InChI is InChI=1S/C13H27N3O/c1-3-11(10-14)9-13(17)15-12-5-7-16(4-2)8-6-12/h11-12H,3-10,14H2,1-2H3,(H,15,17). The first-order chi connectivity index (χ1) is 8.19. The number of hydrogen-bond donors (Lipinski definition) is 2. The van der Waals surface area contributed by atoms with Gasteiger partial charge >= 0.3 is 0 Å². The molecule has 3 N–H and O–H groups in total. The average molecular weight is 241 g/mol. The van der Waals surface area contributed by atoms with Gasteiger partial charge in [-0.2, -0.15) is 0 Å². The van der Waals surface area contributed by atoms with E-state index >= 15 is 0 Å². The lowest BCUT2D eigenvalue weighted by Crippen LogP contribution is -2.45. The lowest BCUT2D eigenvalue weighted by atomic mass is 10.0. The second-order valence-electron chi connectivity index (χ2n) is 4.99. The molecule has 1 heterocycles. The van der Waals surface area contributed by atoms with Crippen LogP contribution < -0.4 is 11.1 Å². The smallest absolute Gasteiger partial charge is 0.220 e. The van der Waals surface area contributed by atoms with E-state index in [9.17, 15) is 4.79 Å². The summed E-state index contributed by atoms with van der Waals surface area (Å²) in [6, 6.07) is 0.376. The second kappa shape index (κ2) is 7.67. The molecule has 1 atom stereocenters. The maximum Gasteiger partial charge on any atom is 0.220 e. The number of likely N-dealkylation sites (tertiary alicyclic amines) is 1. The Bertz CT molecular complexity index is 221. The molecule has 0 aromatic carbocycles. The minimum absolute atomic E-state index is 0.178. The van der Waals surface area contributed by atoms with E-state index < -0.39 is 0 Å². The highest BCUT2D eigenvalue weighted by Gasteiger charge is 2.20. The predicted molar refractivity (Wildman–Crippen MR) is 70.7 cm³/mol. The van der Waals surface area contributed by atoms with Crippen LogP contribution in [-0.2, 0) is 4.79 Å². The summed E-state index contributed by atoms with van der Waals surface area (Å²) >= 11 is 0. The second-order valence-corrected chi connectivity index (χ2v) is 4.99. The van der Waals surface area contributed by atoms with Crippen molar-refractivity contribution in [3.8, 4) is 0 Å². The van der Waals surface area contributed by atoms with Gasteiger partial charge < -0.3 is 16.0 Å². The van der Waals surface area contributed by atoms with Gasteiger partial charge in [0.05, 0.1) is 0 Å². The molecule has 0 saturated carbocycles. The van der Waals surface area contributed by atoms with Crippen LogP contribution in [0.2, 0.25) is 0 Å². The summed E-state index contributed by atoms with van der Waals surface area (Å²) in [5.74, 6) is 0.517. The van der Waals surface area contributed by atoms with Crippen LogP contribution in [0.5, 0.6) is 0 Å². The molecule has 1 aliphatic heterocycles. The lowest BCUT2D eigenvalue weighted by Gasteiger charge is -2.31. The monoisotopic (exact) mass is 241 g/mol. The fourth-order valence-electron chi connectivity index (χ4n) is 2.34. The Labute approximate surface area is 105 Å². The van der Waals surface area contributed by atoms with Crippen molar-refractivity contribution in [2.24, 2.45) is 11.7 Å². The first-order valence-electron chi connectivity index (χ1n) is 6.91. The van der Waals surface area contributed by atoms with E-state index in [-0.39, 0.29) is 5.91 Å². The first kappa shape index (κ1) is 14.5. The van der Waals surface area contributed by atoms with Gasteiger partial charge in [-0.1, -0.05) is 20.3 Å². The minimum atomic E-state index is 0.178. The van der Waals surface area contributed by atoms with Crippen LogP contribution in [0.25, 0.3) is 0 Å². The van der Waals surface area contributed by atoms with Crippen molar-refractivity contribution in [2.45, 2.75) is 45.6 Å². The molecule has 0 radical (unpaired) electrons. The van der Waals surface area contributed by atoms with Crippen LogP contribution in [0.4, 0.5) is 0 Å². The lowest BCUT2D eigenvalue weighted by molar-refractivity contribution is -0.123.